The van der Waals surface area contributed by atoms with Gasteiger partial charge in [-0.05, 0) is 67.8 Å². The van der Waals surface area contributed by atoms with Crippen molar-refractivity contribution in [2.24, 2.45) is 0 Å². The van der Waals surface area contributed by atoms with Gasteiger partial charge >= 0.3 is 0 Å². The second-order valence-corrected chi connectivity index (χ2v) is 10.3. The maximum Gasteiger partial charge on any atom is 0.267 e. The molecule has 0 aliphatic carbocycles. The summed E-state index contributed by atoms with van der Waals surface area (Å²) in [5.41, 5.74) is 2.81. The molecule has 8 heteroatoms. The van der Waals surface area contributed by atoms with Crippen LogP contribution in [0, 0.1) is 12.7 Å². The summed E-state index contributed by atoms with van der Waals surface area (Å²) in [4.78, 5) is 18.2. The standard InChI is InChI=1S/C23H26FN3O3S/c1-3-31(29,30)19-6-4-18(5-7-19)27-10-8-17(9-11-27)25-23(28)22-14-20-15(2)12-16(24)13-21(20)26-22/h4-7,12-14,17,26H,3,8-11H2,1-2H3,(H,25,28). The van der Waals surface area contributed by atoms with Crippen LogP contribution < -0.4 is 10.2 Å². The molecule has 0 bridgehead atoms. The first-order valence-corrected chi connectivity index (χ1v) is 12.1. The number of aromatic amines is 1. The summed E-state index contributed by atoms with van der Waals surface area (Å²) in [5, 5.41) is 3.91. The number of fused-ring (bicyclic) bond motifs is 1. The van der Waals surface area contributed by atoms with Gasteiger partial charge in [0.1, 0.15) is 11.5 Å². The van der Waals surface area contributed by atoms with E-state index >= 15 is 0 Å². The van der Waals surface area contributed by atoms with Gasteiger partial charge in [-0.1, -0.05) is 6.92 Å². The van der Waals surface area contributed by atoms with E-state index in [2.05, 4.69) is 15.2 Å². The molecule has 2 aromatic carbocycles. The summed E-state index contributed by atoms with van der Waals surface area (Å²) in [6.45, 7) is 4.99. The van der Waals surface area contributed by atoms with Crippen molar-refractivity contribution < 1.29 is 17.6 Å². The number of rotatable bonds is 5. The summed E-state index contributed by atoms with van der Waals surface area (Å²) in [6.07, 6.45) is 1.57. The van der Waals surface area contributed by atoms with Crippen LogP contribution in [0.5, 0.6) is 0 Å². The third-order valence-electron chi connectivity index (χ3n) is 5.93. The van der Waals surface area contributed by atoms with Crippen molar-refractivity contribution in [3.05, 3.63) is 59.5 Å². The van der Waals surface area contributed by atoms with Crippen LogP contribution in [0.15, 0.2) is 47.4 Å². The number of hydrogen-bond donors (Lipinski definition) is 2. The van der Waals surface area contributed by atoms with E-state index in [1.807, 2.05) is 19.1 Å². The second kappa shape index (κ2) is 8.34. The first kappa shape index (κ1) is 21.4. The number of piperidine rings is 1. The highest BCUT2D eigenvalue weighted by Gasteiger charge is 2.23. The van der Waals surface area contributed by atoms with Crippen LogP contribution in [0.1, 0.15) is 35.8 Å². The maximum atomic E-state index is 13.6. The normalized spacial score (nSPS) is 15.4. The molecular weight excluding hydrogens is 417 g/mol. The molecule has 0 spiro atoms. The lowest BCUT2D eigenvalue weighted by Gasteiger charge is -2.34. The van der Waals surface area contributed by atoms with Crippen LogP contribution in [-0.4, -0.2) is 44.2 Å². The molecular formula is C23H26FN3O3S. The van der Waals surface area contributed by atoms with Gasteiger partial charge in [-0.2, -0.15) is 0 Å². The van der Waals surface area contributed by atoms with Crippen molar-refractivity contribution in [1.82, 2.24) is 10.3 Å². The van der Waals surface area contributed by atoms with E-state index in [-0.39, 0.29) is 23.5 Å². The molecule has 164 valence electrons. The highest BCUT2D eigenvalue weighted by Crippen LogP contribution is 2.24. The van der Waals surface area contributed by atoms with Gasteiger partial charge in [0.15, 0.2) is 9.84 Å². The van der Waals surface area contributed by atoms with E-state index in [9.17, 15) is 17.6 Å². The van der Waals surface area contributed by atoms with Crippen LogP contribution >= 0.6 is 0 Å². The molecule has 4 rings (SSSR count). The van der Waals surface area contributed by atoms with Gasteiger partial charge < -0.3 is 15.2 Å². The van der Waals surface area contributed by atoms with E-state index in [4.69, 9.17) is 0 Å². The molecule has 1 aliphatic heterocycles. The summed E-state index contributed by atoms with van der Waals surface area (Å²) in [6, 6.07) is 11.7. The van der Waals surface area contributed by atoms with Gasteiger partial charge in [0, 0.05) is 35.7 Å². The summed E-state index contributed by atoms with van der Waals surface area (Å²) in [5.74, 6) is -0.433. The van der Waals surface area contributed by atoms with Crippen LogP contribution in [0.4, 0.5) is 10.1 Å². The van der Waals surface area contributed by atoms with Crippen LogP contribution in [0.25, 0.3) is 10.9 Å². The van der Waals surface area contributed by atoms with Crippen molar-refractivity contribution in [2.75, 3.05) is 23.7 Å². The van der Waals surface area contributed by atoms with Crippen LogP contribution in [0.2, 0.25) is 0 Å². The average Bonchev–Trinajstić information content (AvgIpc) is 3.19. The summed E-state index contributed by atoms with van der Waals surface area (Å²) in [7, 11) is -3.20. The summed E-state index contributed by atoms with van der Waals surface area (Å²) >= 11 is 0. The minimum absolute atomic E-state index is 0.0488. The van der Waals surface area contributed by atoms with E-state index in [0.29, 0.717) is 16.1 Å². The first-order valence-electron chi connectivity index (χ1n) is 10.4. The molecule has 2 heterocycles. The fourth-order valence-corrected chi connectivity index (χ4v) is 4.96. The zero-order chi connectivity index (χ0) is 22.2. The van der Waals surface area contributed by atoms with Gasteiger partial charge in [0.25, 0.3) is 5.91 Å². The number of benzene rings is 2. The van der Waals surface area contributed by atoms with E-state index < -0.39 is 9.84 Å². The van der Waals surface area contributed by atoms with Crippen molar-refractivity contribution in [3.63, 3.8) is 0 Å². The molecule has 0 atom stereocenters. The number of aromatic nitrogens is 1. The molecule has 0 radical (unpaired) electrons. The Hall–Kier alpha value is -2.87. The zero-order valence-electron chi connectivity index (χ0n) is 17.6. The molecule has 0 saturated carbocycles. The number of aryl methyl sites for hydroxylation is 1. The number of nitrogens with zero attached hydrogens (tertiary/aromatic N) is 1. The highest BCUT2D eigenvalue weighted by atomic mass is 32.2. The Kier molecular flexibility index (Phi) is 5.75. The fraction of sp³-hybridized carbons (Fsp3) is 0.348. The largest absolute Gasteiger partial charge is 0.371 e. The minimum Gasteiger partial charge on any atom is -0.371 e. The minimum atomic E-state index is -3.20. The number of sulfone groups is 1. The lowest BCUT2D eigenvalue weighted by Crippen LogP contribution is -2.44. The van der Waals surface area contributed by atoms with Gasteiger partial charge in [-0.15, -0.1) is 0 Å². The molecule has 3 aromatic rings. The smallest absolute Gasteiger partial charge is 0.267 e. The maximum absolute atomic E-state index is 13.6. The predicted molar refractivity (Wildman–Crippen MR) is 120 cm³/mol. The Morgan fingerprint density at radius 1 is 1.16 bits per heavy atom. The van der Waals surface area contributed by atoms with Crippen molar-refractivity contribution in [2.45, 2.75) is 37.6 Å². The van der Waals surface area contributed by atoms with Gasteiger partial charge in [0.05, 0.1) is 10.6 Å². The van der Waals surface area contributed by atoms with Gasteiger partial charge in [0.2, 0.25) is 0 Å². The van der Waals surface area contributed by atoms with E-state index in [1.54, 1.807) is 25.1 Å². The third-order valence-corrected chi connectivity index (χ3v) is 7.68. The Morgan fingerprint density at radius 3 is 2.48 bits per heavy atom. The molecule has 1 saturated heterocycles. The summed E-state index contributed by atoms with van der Waals surface area (Å²) < 4.78 is 37.5. The third kappa shape index (κ3) is 4.44. The SMILES string of the molecule is CCS(=O)(=O)c1ccc(N2CCC(NC(=O)c3cc4c(C)cc(F)cc4[nH]3)CC2)cc1. The van der Waals surface area contributed by atoms with Gasteiger partial charge in [-0.3, -0.25) is 4.79 Å². The molecule has 31 heavy (non-hydrogen) atoms. The number of hydrogen-bond acceptors (Lipinski definition) is 4. The zero-order valence-corrected chi connectivity index (χ0v) is 18.4. The monoisotopic (exact) mass is 443 g/mol. The molecule has 1 aromatic heterocycles. The Morgan fingerprint density at radius 2 is 1.84 bits per heavy atom. The van der Waals surface area contributed by atoms with Crippen LogP contribution in [0.3, 0.4) is 0 Å². The lowest BCUT2D eigenvalue weighted by atomic mass is 10.0. The fourth-order valence-electron chi connectivity index (χ4n) is 4.07. The number of carbonyl (C=O) groups is 1. The molecule has 1 fully saturated rings. The molecule has 6 nitrogen and oxygen atoms in total. The van der Waals surface area contributed by atoms with Gasteiger partial charge in [-0.25, -0.2) is 12.8 Å². The number of nitrogens with one attached hydrogen (secondary N) is 2. The topological polar surface area (TPSA) is 82.3 Å². The number of halogens is 1. The molecule has 1 aliphatic rings. The molecule has 1 amide bonds. The Labute approximate surface area is 181 Å². The average molecular weight is 444 g/mol. The van der Waals surface area contributed by atoms with Crippen molar-refractivity contribution >= 4 is 32.3 Å². The first-order chi connectivity index (χ1) is 14.8. The lowest BCUT2D eigenvalue weighted by molar-refractivity contribution is 0.0927. The highest BCUT2D eigenvalue weighted by molar-refractivity contribution is 7.91. The Bertz CT molecular complexity index is 1210. The number of anilines is 1. The number of H-pyrrole nitrogens is 1. The quantitative estimate of drug-likeness (QED) is 0.628. The number of carbonyl (C=O) groups excluding carboxylic acids is 1. The van der Waals surface area contributed by atoms with E-state index in [0.717, 1.165) is 42.6 Å². The molecule has 2 N–H and O–H groups in total. The van der Waals surface area contributed by atoms with Crippen molar-refractivity contribution in [1.29, 1.82) is 0 Å². The Balaban J connectivity index is 1.37. The van der Waals surface area contributed by atoms with Crippen LogP contribution in [-0.2, 0) is 9.84 Å². The van der Waals surface area contributed by atoms with E-state index in [1.165, 1.54) is 12.1 Å². The predicted octanol–water partition coefficient (Wildman–Crippen LogP) is 3.81. The number of amides is 1. The second-order valence-electron chi connectivity index (χ2n) is 8.00. The van der Waals surface area contributed by atoms with Crippen molar-refractivity contribution in [3.8, 4) is 0 Å². The molecule has 0 unspecified atom stereocenters.